The molecule has 0 amide bonds. The first-order valence-electron chi connectivity index (χ1n) is 12.5. The summed E-state index contributed by atoms with van der Waals surface area (Å²) in [7, 11) is 0. The van der Waals surface area contributed by atoms with Gasteiger partial charge in [0.1, 0.15) is 6.10 Å². The van der Waals surface area contributed by atoms with Gasteiger partial charge in [0.2, 0.25) is 0 Å². The van der Waals surface area contributed by atoms with E-state index in [0.717, 1.165) is 62.4 Å². The first kappa shape index (κ1) is 21.1. The van der Waals surface area contributed by atoms with Crippen molar-refractivity contribution < 1.29 is 14.3 Å². The maximum Gasteiger partial charge on any atom is 0.306 e. The third-order valence-corrected chi connectivity index (χ3v) is 8.58. The van der Waals surface area contributed by atoms with Crippen LogP contribution in [0.1, 0.15) is 97.3 Å². The highest BCUT2D eigenvalue weighted by molar-refractivity contribution is 5.98. The lowest BCUT2D eigenvalue weighted by Gasteiger charge is -2.38. The Bertz CT molecular complexity index is 636. The van der Waals surface area contributed by atoms with Gasteiger partial charge in [-0.2, -0.15) is 0 Å². The van der Waals surface area contributed by atoms with Crippen LogP contribution in [-0.4, -0.2) is 17.9 Å². The molecule has 0 aromatic rings. The van der Waals surface area contributed by atoms with Gasteiger partial charge in [-0.15, -0.1) is 0 Å². The monoisotopic (exact) mass is 400 g/mol. The van der Waals surface area contributed by atoms with E-state index >= 15 is 0 Å². The Balaban J connectivity index is 1.56. The van der Waals surface area contributed by atoms with E-state index in [0.29, 0.717) is 24.0 Å². The first-order chi connectivity index (χ1) is 14.1. The van der Waals surface area contributed by atoms with Gasteiger partial charge in [0.05, 0.1) is 6.42 Å². The molecule has 4 aliphatic rings. The van der Waals surface area contributed by atoms with Crippen LogP contribution in [0.3, 0.4) is 0 Å². The number of hydrogen-bond acceptors (Lipinski definition) is 3. The zero-order valence-electron chi connectivity index (χ0n) is 18.5. The standard InChI is InChI=1S/C26H40O3/c1-3-4-10-19-11-6-5-8-17(2)26(28)24-15-22-20-12-7-9-18(20)13-14-21(22)23(24)16-25(27)29-19/h15,17-23H,3-14,16H2,1-2H3/t17?,18?,19-,20?,21?,22?,23?/m0/s1. The molecule has 0 bridgehead atoms. The summed E-state index contributed by atoms with van der Waals surface area (Å²) in [6.07, 6.45) is 16.6. The summed E-state index contributed by atoms with van der Waals surface area (Å²) in [6.45, 7) is 4.30. The topological polar surface area (TPSA) is 43.4 Å². The zero-order chi connectivity index (χ0) is 20.4. The van der Waals surface area contributed by atoms with Crippen LogP contribution in [0, 0.1) is 35.5 Å². The second kappa shape index (κ2) is 9.35. The van der Waals surface area contributed by atoms with E-state index in [4.69, 9.17) is 4.74 Å². The minimum atomic E-state index is -0.0581. The lowest BCUT2D eigenvalue weighted by Crippen LogP contribution is -2.33. The molecular weight excluding hydrogens is 360 g/mol. The van der Waals surface area contributed by atoms with Crippen LogP contribution >= 0.6 is 0 Å². The van der Waals surface area contributed by atoms with Crippen molar-refractivity contribution in [1.82, 2.24) is 0 Å². The number of esters is 1. The number of ether oxygens (including phenoxy) is 1. The van der Waals surface area contributed by atoms with E-state index in [1.54, 1.807) is 0 Å². The van der Waals surface area contributed by atoms with Crippen molar-refractivity contribution in [2.45, 2.75) is 103 Å². The number of allylic oxidation sites excluding steroid dienone is 2. The predicted molar refractivity (Wildman–Crippen MR) is 115 cm³/mol. The zero-order valence-corrected chi connectivity index (χ0v) is 18.5. The van der Waals surface area contributed by atoms with Crippen molar-refractivity contribution in [2.75, 3.05) is 0 Å². The summed E-state index contributed by atoms with van der Waals surface area (Å²) >= 11 is 0. The summed E-state index contributed by atoms with van der Waals surface area (Å²) in [4.78, 5) is 26.3. The number of fused-ring (bicyclic) bond motifs is 5. The first-order valence-corrected chi connectivity index (χ1v) is 12.5. The highest BCUT2D eigenvalue weighted by Gasteiger charge is 2.49. The number of Topliss-reactive ketones (excluding diaryl/α,β-unsaturated/α-hetero) is 1. The van der Waals surface area contributed by atoms with E-state index in [-0.39, 0.29) is 23.9 Å². The molecule has 3 aliphatic carbocycles. The molecule has 3 fully saturated rings. The number of carbonyl (C=O) groups is 2. The maximum atomic E-state index is 13.4. The molecule has 1 aliphatic heterocycles. The molecule has 0 N–H and O–H groups in total. The van der Waals surface area contributed by atoms with E-state index in [1.165, 1.54) is 32.1 Å². The molecule has 0 radical (unpaired) electrons. The molecule has 3 nitrogen and oxygen atoms in total. The normalized spacial score (nSPS) is 40.8. The highest BCUT2D eigenvalue weighted by atomic mass is 16.5. The smallest absolute Gasteiger partial charge is 0.306 e. The van der Waals surface area contributed by atoms with Crippen molar-refractivity contribution >= 4 is 11.8 Å². The highest BCUT2D eigenvalue weighted by Crippen LogP contribution is 2.56. The summed E-state index contributed by atoms with van der Waals surface area (Å²) in [5.41, 5.74) is 1.00. The molecule has 2 saturated carbocycles. The molecule has 1 heterocycles. The molecular formula is C26H40O3. The largest absolute Gasteiger partial charge is 0.462 e. The van der Waals surface area contributed by atoms with Crippen LogP contribution in [0.2, 0.25) is 0 Å². The van der Waals surface area contributed by atoms with Gasteiger partial charge < -0.3 is 4.74 Å². The number of hydrogen-bond donors (Lipinski definition) is 0. The van der Waals surface area contributed by atoms with E-state index < -0.39 is 0 Å². The third-order valence-electron chi connectivity index (χ3n) is 8.58. The lowest BCUT2D eigenvalue weighted by molar-refractivity contribution is -0.151. The van der Waals surface area contributed by atoms with Crippen LogP contribution in [0.5, 0.6) is 0 Å². The summed E-state index contributed by atoms with van der Waals surface area (Å²) in [5.74, 6) is 3.09. The fourth-order valence-corrected chi connectivity index (χ4v) is 7.00. The fourth-order valence-electron chi connectivity index (χ4n) is 7.00. The minimum Gasteiger partial charge on any atom is -0.462 e. The maximum absolute atomic E-state index is 13.4. The minimum absolute atomic E-state index is 0.0581. The molecule has 162 valence electrons. The second-order valence-corrected chi connectivity index (χ2v) is 10.4. The van der Waals surface area contributed by atoms with Gasteiger partial charge in [0.15, 0.2) is 5.78 Å². The van der Waals surface area contributed by atoms with Crippen LogP contribution < -0.4 is 0 Å². The van der Waals surface area contributed by atoms with Crippen molar-refractivity contribution in [2.24, 2.45) is 35.5 Å². The van der Waals surface area contributed by atoms with Crippen molar-refractivity contribution in [3.63, 3.8) is 0 Å². The van der Waals surface area contributed by atoms with Crippen LogP contribution in [0.25, 0.3) is 0 Å². The quantitative estimate of drug-likeness (QED) is 0.525. The van der Waals surface area contributed by atoms with Gasteiger partial charge in [-0.25, -0.2) is 0 Å². The van der Waals surface area contributed by atoms with Gasteiger partial charge in [-0.3, -0.25) is 9.59 Å². The van der Waals surface area contributed by atoms with Gasteiger partial charge in [0.25, 0.3) is 0 Å². The Kier molecular flexibility index (Phi) is 6.81. The number of rotatable bonds is 3. The van der Waals surface area contributed by atoms with Crippen molar-refractivity contribution in [3.8, 4) is 0 Å². The lowest BCUT2D eigenvalue weighted by atomic mass is 9.66. The SMILES string of the molecule is CCCC[C@H]1CCCCC(C)C(=O)C2=CC3C4CCCC4CCC3C2CC(=O)O1. The molecule has 4 rings (SSSR count). The Hall–Kier alpha value is -1.12. The van der Waals surface area contributed by atoms with Crippen molar-refractivity contribution in [3.05, 3.63) is 11.6 Å². The fraction of sp³-hybridized carbons (Fsp3) is 0.846. The molecule has 7 atom stereocenters. The summed E-state index contributed by atoms with van der Waals surface area (Å²) < 4.78 is 5.98. The van der Waals surface area contributed by atoms with E-state index in [2.05, 4.69) is 19.9 Å². The van der Waals surface area contributed by atoms with E-state index in [9.17, 15) is 9.59 Å². The van der Waals surface area contributed by atoms with Gasteiger partial charge in [0, 0.05) is 11.8 Å². The second-order valence-electron chi connectivity index (χ2n) is 10.4. The Morgan fingerprint density at radius 2 is 1.79 bits per heavy atom. The summed E-state index contributed by atoms with van der Waals surface area (Å²) in [6, 6.07) is 0. The van der Waals surface area contributed by atoms with Crippen LogP contribution in [-0.2, 0) is 14.3 Å². The third kappa shape index (κ3) is 4.49. The molecule has 29 heavy (non-hydrogen) atoms. The van der Waals surface area contributed by atoms with Gasteiger partial charge in [-0.1, -0.05) is 52.0 Å². The molecule has 0 spiro atoms. The van der Waals surface area contributed by atoms with E-state index in [1.807, 2.05) is 0 Å². The Labute approximate surface area is 177 Å². The Morgan fingerprint density at radius 3 is 2.62 bits per heavy atom. The van der Waals surface area contributed by atoms with Crippen LogP contribution in [0.4, 0.5) is 0 Å². The van der Waals surface area contributed by atoms with Gasteiger partial charge in [-0.05, 0) is 74.2 Å². The average Bonchev–Trinajstić information content (AvgIpc) is 3.32. The summed E-state index contributed by atoms with van der Waals surface area (Å²) in [5, 5.41) is 0. The van der Waals surface area contributed by atoms with Crippen LogP contribution in [0.15, 0.2) is 11.6 Å². The average molecular weight is 401 g/mol. The number of carbonyl (C=O) groups excluding carboxylic acids is 2. The van der Waals surface area contributed by atoms with Crippen molar-refractivity contribution in [1.29, 1.82) is 0 Å². The molecule has 0 aromatic heterocycles. The number of unbranched alkanes of at least 4 members (excludes halogenated alkanes) is 1. The molecule has 6 unspecified atom stereocenters. The van der Waals surface area contributed by atoms with Gasteiger partial charge >= 0.3 is 5.97 Å². The predicted octanol–water partition coefficient (Wildman–Crippen LogP) is 6.26. The molecule has 1 saturated heterocycles. The molecule has 0 aromatic carbocycles. The Morgan fingerprint density at radius 1 is 0.966 bits per heavy atom. The number of ketones is 1. The molecule has 3 heteroatoms. The number of cyclic esters (lactones) is 1.